The number of aliphatic imine (C=N–C) groups is 1. The lowest BCUT2D eigenvalue weighted by Crippen LogP contribution is -2.48. The monoisotopic (exact) mass is 389 g/mol. The fourth-order valence-electron chi connectivity index (χ4n) is 2.42. The molecule has 0 spiro atoms. The summed E-state index contributed by atoms with van der Waals surface area (Å²) < 4.78 is 22.4. The minimum Gasteiger partial charge on any atom is -0.378 e. The molecule has 0 saturated heterocycles. The van der Waals surface area contributed by atoms with Crippen LogP contribution < -0.4 is 10.0 Å². The summed E-state index contributed by atoms with van der Waals surface area (Å²) in [4.78, 5) is 35.1. The number of hydrogen-bond acceptors (Lipinski definition) is 6. The van der Waals surface area contributed by atoms with E-state index in [0.717, 1.165) is 5.69 Å². The van der Waals surface area contributed by atoms with E-state index in [4.69, 9.17) is 11.7 Å². The van der Waals surface area contributed by atoms with Crippen LogP contribution >= 0.6 is 0 Å². The fourth-order valence-corrected chi connectivity index (χ4v) is 2.86. The topological polar surface area (TPSA) is 118 Å². The van der Waals surface area contributed by atoms with Gasteiger partial charge in [-0.15, -0.1) is 0 Å². The molecular weight excluding hydrogens is 370 g/mol. The van der Waals surface area contributed by atoms with Crippen molar-refractivity contribution >= 4 is 38.9 Å². The van der Waals surface area contributed by atoms with Gasteiger partial charge in [0.25, 0.3) is 17.5 Å². The molecule has 1 aliphatic rings. The molecule has 2 rings (SSSR count). The molecule has 27 heavy (non-hydrogen) atoms. The van der Waals surface area contributed by atoms with Gasteiger partial charge >= 0.3 is 0 Å². The maximum atomic E-state index is 12.7. The molecule has 0 fully saturated rings. The van der Waals surface area contributed by atoms with Crippen LogP contribution in [0, 0.1) is 6.57 Å². The summed E-state index contributed by atoms with van der Waals surface area (Å²) in [5.74, 6) is -2.21. The van der Waals surface area contributed by atoms with Gasteiger partial charge in [0.15, 0.2) is 0 Å². The number of carbonyl (C=O) groups is 2. The number of amides is 2. The highest BCUT2D eigenvalue weighted by Crippen LogP contribution is 2.24. The van der Waals surface area contributed by atoms with Gasteiger partial charge in [-0.25, -0.2) is 23.4 Å². The van der Waals surface area contributed by atoms with Crippen LogP contribution in [0.4, 0.5) is 11.4 Å². The Morgan fingerprint density at radius 2 is 1.78 bits per heavy atom. The molecule has 1 aliphatic heterocycles. The SMILES string of the molecule is [C-]#[N+]C1=C(C)C(=Nc2ccc(N(C)C)cc2)C(=O)N(CCS(N)(=O)=O)C1=O. The molecule has 1 heterocycles. The molecule has 1 aromatic rings. The molecule has 0 radical (unpaired) electrons. The Labute approximate surface area is 157 Å². The summed E-state index contributed by atoms with van der Waals surface area (Å²) >= 11 is 0. The zero-order valence-electron chi connectivity index (χ0n) is 15.1. The average molecular weight is 389 g/mol. The summed E-state index contributed by atoms with van der Waals surface area (Å²) in [7, 11) is -0.113. The first-order valence-electron chi connectivity index (χ1n) is 7.86. The molecule has 2 N–H and O–H groups in total. The quantitative estimate of drug-likeness (QED) is 0.587. The molecule has 142 valence electrons. The zero-order valence-corrected chi connectivity index (χ0v) is 15.9. The number of anilines is 1. The highest BCUT2D eigenvalue weighted by atomic mass is 32.2. The number of primary sulfonamides is 1. The number of sulfonamides is 1. The van der Waals surface area contributed by atoms with E-state index in [1.54, 1.807) is 12.1 Å². The maximum absolute atomic E-state index is 12.7. The number of imide groups is 1. The molecule has 0 aromatic heterocycles. The van der Waals surface area contributed by atoms with E-state index in [1.165, 1.54) is 6.92 Å². The highest BCUT2D eigenvalue weighted by molar-refractivity contribution is 7.89. The van der Waals surface area contributed by atoms with Gasteiger partial charge in [0.05, 0.1) is 18.0 Å². The summed E-state index contributed by atoms with van der Waals surface area (Å²) in [5, 5.41) is 4.95. The molecule has 10 heteroatoms. The summed E-state index contributed by atoms with van der Waals surface area (Å²) in [6, 6.07) is 7.02. The Bertz CT molecular complexity index is 985. The van der Waals surface area contributed by atoms with E-state index in [2.05, 4.69) is 9.84 Å². The van der Waals surface area contributed by atoms with E-state index >= 15 is 0 Å². The maximum Gasteiger partial charge on any atom is 0.277 e. The first-order chi connectivity index (χ1) is 12.5. The lowest BCUT2D eigenvalue weighted by atomic mass is 10.0. The molecule has 0 atom stereocenters. The number of carbonyl (C=O) groups excluding carboxylic acids is 2. The smallest absolute Gasteiger partial charge is 0.277 e. The van der Waals surface area contributed by atoms with Crippen LogP contribution in [0.2, 0.25) is 0 Å². The molecular formula is C17H19N5O4S. The van der Waals surface area contributed by atoms with Gasteiger partial charge in [0.1, 0.15) is 5.71 Å². The van der Waals surface area contributed by atoms with Crippen LogP contribution in [0.15, 0.2) is 40.5 Å². The predicted octanol–water partition coefficient (Wildman–Crippen LogP) is 0.676. The van der Waals surface area contributed by atoms with E-state index in [1.807, 2.05) is 31.1 Å². The van der Waals surface area contributed by atoms with Gasteiger partial charge in [-0.3, -0.25) is 14.5 Å². The van der Waals surface area contributed by atoms with Crippen molar-refractivity contribution in [1.82, 2.24) is 4.90 Å². The Morgan fingerprint density at radius 1 is 1.19 bits per heavy atom. The minimum atomic E-state index is -3.88. The predicted molar refractivity (Wildman–Crippen MR) is 102 cm³/mol. The van der Waals surface area contributed by atoms with Crippen LogP contribution in [0.5, 0.6) is 0 Å². The second-order valence-corrected chi connectivity index (χ2v) is 7.82. The number of nitrogens with two attached hydrogens (primary N) is 1. The molecule has 0 bridgehead atoms. The Hall–Kier alpha value is -3.03. The Morgan fingerprint density at radius 3 is 2.26 bits per heavy atom. The third-order valence-electron chi connectivity index (χ3n) is 3.92. The average Bonchev–Trinajstić information content (AvgIpc) is 2.58. The Balaban J connectivity index is 2.47. The molecule has 9 nitrogen and oxygen atoms in total. The fraction of sp³-hybridized carbons (Fsp3) is 0.294. The summed E-state index contributed by atoms with van der Waals surface area (Å²) in [6.45, 7) is 8.24. The van der Waals surface area contributed by atoms with Crippen molar-refractivity contribution in [2.45, 2.75) is 6.92 Å². The molecule has 0 saturated carbocycles. The molecule has 0 aliphatic carbocycles. The van der Waals surface area contributed by atoms with E-state index in [0.29, 0.717) is 10.6 Å². The number of nitrogens with zero attached hydrogens (tertiary/aromatic N) is 4. The van der Waals surface area contributed by atoms with Crippen molar-refractivity contribution in [2.75, 3.05) is 31.3 Å². The van der Waals surface area contributed by atoms with E-state index in [9.17, 15) is 18.0 Å². The largest absolute Gasteiger partial charge is 0.378 e. The van der Waals surface area contributed by atoms with Crippen LogP contribution in [0.3, 0.4) is 0 Å². The van der Waals surface area contributed by atoms with Gasteiger partial charge < -0.3 is 4.90 Å². The third kappa shape index (κ3) is 4.58. The first-order valence-corrected chi connectivity index (χ1v) is 9.58. The number of rotatable bonds is 5. The zero-order chi connectivity index (χ0) is 20.4. The van der Waals surface area contributed by atoms with E-state index < -0.39 is 34.1 Å². The van der Waals surface area contributed by atoms with Crippen molar-refractivity contribution in [3.8, 4) is 0 Å². The Kier molecular flexibility index (Phi) is 5.78. The van der Waals surface area contributed by atoms with Gasteiger partial charge in [-0.1, -0.05) is 0 Å². The molecule has 0 unspecified atom stereocenters. The van der Waals surface area contributed by atoms with Crippen molar-refractivity contribution in [2.24, 2.45) is 10.1 Å². The minimum absolute atomic E-state index is 0.0763. The van der Waals surface area contributed by atoms with E-state index in [-0.39, 0.29) is 17.0 Å². The second-order valence-electron chi connectivity index (χ2n) is 6.09. The normalized spacial score (nSPS) is 16.7. The third-order valence-corrected chi connectivity index (χ3v) is 4.68. The second kappa shape index (κ2) is 7.69. The van der Waals surface area contributed by atoms with Crippen LogP contribution in [-0.4, -0.2) is 57.2 Å². The van der Waals surface area contributed by atoms with Crippen LogP contribution in [-0.2, 0) is 19.6 Å². The van der Waals surface area contributed by atoms with Crippen molar-refractivity contribution in [1.29, 1.82) is 0 Å². The van der Waals surface area contributed by atoms with Gasteiger partial charge in [-0.2, -0.15) is 0 Å². The standard InChI is InChI=1S/C17H19N5O4S/c1-11-14(19-2)16(23)22(9-10-27(18,25)26)17(24)15(11)20-12-5-7-13(8-6-12)21(3)4/h5-8H,9-10H2,1,3-4H3,(H2,18,25,26). The summed E-state index contributed by atoms with van der Waals surface area (Å²) in [6.07, 6.45) is 0. The van der Waals surface area contributed by atoms with Crippen LogP contribution in [0.25, 0.3) is 4.85 Å². The lowest BCUT2D eigenvalue weighted by Gasteiger charge is -2.26. The lowest BCUT2D eigenvalue weighted by molar-refractivity contribution is -0.138. The first kappa shape index (κ1) is 20.3. The van der Waals surface area contributed by atoms with Crippen LogP contribution in [0.1, 0.15) is 6.92 Å². The molecule has 2 amide bonds. The van der Waals surface area contributed by atoms with Gasteiger partial charge in [-0.05, 0) is 36.8 Å². The molecule has 1 aromatic carbocycles. The van der Waals surface area contributed by atoms with Crippen molar-refractivity contribution in [3.05, 3.63) is 47.0 Å². The van der Waals surface area contributed by atoms with Crippen molar-refractivity contribution < 1.29 is 18.0 Å². The number of benzene rings is 1. The number of hydrogen-bond donors (Lipinski definition) is 1. The van der Waals surface area contributed by atoms with Gasteiger partial charge in [0, 0.05) is 26.3 Å². The highest BCUT2D eigenvalue weighted by Gasteiger charge is 2.37. The van der Waals surface area contributed by atoms with Crippen molar-refractivity contribution in [3.63, 3.8) is 0 Å². The summed E-state index contributed by atoms with van der Waals surface area (Å²) in [5.41, 5.74) is 1.21. The van der Waals surface area contributed by atoms with Gasteiger partial charge in [0.2, 0.25) is 10.0 Å².